The van der Waals surface area contributed by atoms with Gasteiger partial charge in [0.05, 0.1) is 5.41 Å². The number of carboxylic acids is 2. The smallest absolute Gasteiger partial charge is 0.331 e. The summed E-state index contributed by atoms with van der Waals surface area (Å²) in [5, 5.41) is 17.5. The predicted octanol–water partition coefficient (Wildman–Crippen LogP) is 6.94. The van der Waals surface area contributed by atoms with Crippen LogP contribution in [0.2, 0.25) is 0 Å². The van der Waals surface area contributed by atoms with Gasteiger partial charge in [-0.2, -0.15) is 0 Å². The third-order valence-electron chi connectivity index (χ3n) is 4.79. The van der Waals surface area contributed by atoms with Crippen LogP contribution in [0, 0.1) is 5.41 Å². The van der Waals surface area contributed by atoms with E-state index in [1.165, 1.54) is 95.8 Å². The molecular formula is C22H39BrO4. The van der Waals surface area contributed by atoms with Crippen LogP contribution in [0.3, 0.4) is 0 Å². The lowest BCUT2D eigenvalue weighted by Gasteiger charge is -2.23. The Morgan fingerprint density at radius 2 is 1.30 bits per heavy atom. The quantitative estimate of drug-likeness (QED) is 0.318. The van der Waals surface area contributed by atoms with Crippen LogP contribution in [0.15, 0.2) is 23.8 Å². The monoisotopic (exact) mass is 446 g/mol. The molecule has 0 saturated heterocycles. The van der Waals surface area contributed by atoms with E-state index in [2.05, 4.69) is 13.8 Å². The molecule has 0 bridgehead atoms. The Balaban J connectivity index is 0. The summed E-state index contributed by atoms with van der Waals surface area (Å²) in [6, 6.07) is 0. The summed E-state index contributed by atoms with van der Waals surface area (Å²) in [6.07, 6.45) is 20.4. The molecule has 0 saturated carbocycles. The fourth-order valence-corrected chi connectivity index (χ4v) is 2.92. The highest BCUT2D eigenvalue weighted by molar-refractivity contribution is 8.93. The zero-order chi connectivity index (χ0) is 19.8. The molecule has 0 spiro atoms. The number of halogens is 1. The Hall–Kier alpha value is -1.10. The number of hydrogen-bond acceptors (Lipinski definition) is 2. The molecule has 4 nitrogen and oxygen atoms in total. The van der Waals surface area contributed by atoms with E-state index < -0.39 is 17.4 Å². The summed E-state index contributed by atoms with van der Waals surface area (Å²) < 4.78 is 0. The molecule has 1 rings (SSSR count). The average molecular weight is 447 g/mol. The number of hydrogen-bond donors (Lipinski definition) is 2. The minimum atomic E-state index is -1.08. The molecule has 0 aromatic heterocycles. The first-order valence-corrected chi connectivity index (χ1v) is 10.2. The number of rotatable bonds is 12. The second kappa shape index (κ2) is 17.0. The summed E-state index contributed by atoms with van der Waals surface area (Å²) in [5.41, 5.74) is -0.949. The topological polar surface area (TPSA) is 74.6 Å². The van der Waals surface area contributed by atoms with Gasteiger partial charge in [-0.1, -0.05) is 103 Å². The summed E-state index contributed by atoms with van der Waals surface area (Å²) in [4.78, 5) is 21.3. The van der Waals surface area contributed by atoms with Crippen LogP contribution in [-0.2, 0) is 9.59 Å². The van der Waals surface area contributed by atoms with E-state index in [4.69, 9.17) is 10.2 Å². The van der Waals surface area contributed by atoms with E-state index in [0.29, 0.717) is 0 Å². The number of unbranched alkanes of at least 4 members (excludes halogenated alkanes) is 10. The van der Waals surface area contributed by atoms with Crippen LogP contribution in [0.5, 0.6) is 0 Å². The molecule has 0 aromatic rings. The Morgan fingerprint density at radius 1 is 0.889 bits per heavy atom. The first-order valence-electron chi connectivity index (χ1n) is 10.2. The van der Waals surface area contributed by atoms with Crippen LogP contribution in [0.1, 0.15) is 97.8 Å². The van der Waals surface area contributed by atoms with Crippen molar-refractivity contribution in [3.05, 3.63) is 23.8 Å². The Labute approximate surface area is 175 Å². The van der Waals surface area contributed by atoms with Crippen LogP contribution in [0.4, 0.5) is 0 Å². The van der Waals surface area contributed by atoms with E-state index >= 15 is 0 Å². The van der Waals surface area contributed by atoms with E-state index in [1.54, 1.807) is 0 Å². The number of carbonyl (C=O) groups is 2. The Morgan fingerprint density at radius 3 is 1.63 bits per heavy atom. The molecule has 0 unspecified atom stereocenters. The van der Waals surface area contributed by atoms with Gasteiger partial charge >= 0.3 is 11.9 Å². The normalized spacial score (nSPS) is 18.0. The van der Waals surface area contributed by atoms with Crippen molar-refractivity contribution < 1.29 is 19.8 Å². The molecule has 27 heavy (non-hydrogen) atoms. The molecule has 0 heterocycles. The maximum atomic E-state index is 10.8. The number of carboxylic acid groups (broad SMARTS) is 2. The van der Waals surface area contributed by atoms with Gasteiger partial charge in [0.15, 0.2) is 0 Å². The lowest BCUT2D eigenvalue weighted by atomic mass is 9.80. The molecule has 0 aromatic carbocycles. The van der Waals surface area contributed by atoms with Gasteiger partial charge < -0.3 is 10.2 Å². The van der Waals surface area contributed by atoms with E-state index in [-0.39, 0.29) is 29.0 Å². The van der Waals surface area contributed by atoms with Crippen molar-refractivity contribution in [1.29, 1.82) is 0 Å². The third kappa shape index (κ3) is 13.7. The van der Waals surface area contributed by atoms with Gasteiger partial charge in [-0.3, -0.25) is 4.79 Å². The number of aliphatic carboxylic acids is 2. The molecule has 5 heteroatoms. The van der Waals surface area contributed by atoms with Gasteiger partial charge in [0.25, 0.3) is 0 Å². The predicted molar refractivity (Wildman–Crippen MR) is 118 cm³/mol. The van der Waals surface area contributed by atoms with Crippen molar-refractivity contribution >= 4 is 28.9 Å². The highest BCUT2D eigenvalue weighted by Gasteiger charge is 2.34. The standard InChI is InChI=1S/C13H28.C9H10O4.BrH/c1-3-5-7-9-11-13-12-10-8-6-4-2;1-9(8(12)13)4-2-3-6(5-9)7(10)11;/h3-13H2,1-2H3;2-4H,5H2,1H3,(H,10,11)(H,12,13);1H/t;9-;/m.1./s1. The highest BCUT2D eigenvalue weighted by Crippen LogP contribution is 2.31. The minimum absolute atomic E-state index is 0. The zero-order valence-corrected chi connectivity index (χ0v) is 19.0. The van der Waals surface area contributed by atoms with Crippen LogP contribution < -0.4 is 0 Å². The van der Waals surface area contributed by atoms with Crippen molar-refractivity contribution in [2.75, 3.05) is 0 Å². The molecule has 1 aliphatic carbocycles. The van der Waals surface area contributed by atoms with Crippen molar-refractivity contribution in [3.63, 3.8) is 0 Å². The van der Waals surface area contributed by atoms with Crippen molar-refractivity contribution in [2.45, 2.75) is 97.8 Å². The van der Waals surface area contributed by atoms with Gasteiger partial charge in [-0.05, 0) is 13.3 Å². The van der Waals surface area contributed by atoms with E-state index in [0.717, 1.165) is 0 Å². The molecule has 0 aliphatic heterocycles. The Kier molecular flexibility index (Phi) is 17.7. The van der Waals surface area contributed by atoms with Gasteiger partial charge in [0, 0.05) is 5.57 Å². The minimum Gasteiger partial charge on any atom is -0.481 e. The Bertz CT molecular complexity index is 461. The van der Waals surface area contributed by atoms with E-state index in [1.807, 2.05) is 0 Å². The fraction of sp³-hybridized carbons (Fsp3) is 0.727. The molecule has 0 amide bonds. The first-order chi connectivity index (χ1) is 12.4. The lowest BCUT2D eigenvalue weighted by molar-refractivity contribution is -0.145. The average Bonchev–Trinajstić information content (AvgIpc) is 2.61. The number of allylic oxidation sites excluding steroid dienone is 2. The van der Waals surface area contributed by atoms with Crippen molar-refractivity contribution in [1.82, 2.24) is 0 Å². The molecule has 1 aliphatic rings. The van der Waals surface area contributed by atoms with Gasteiger partial charge in [-0.25, -0.2) is 4.79 Å². The zero-order valence-electron chi connectivity index (χ0n) is 17.3. The second-order valence-electron chi connectivity index (χ2n) is 7.44. The summed E-state index contributed by atoms with van der Waals surface area (Å²) in [5.74, 6) is -2.06. The molecule has 0 fully saturated rings. The summed E-state index contributed by atoms with van der Waals surface area (Å²) in [6.45, 7) is 6.07. The third-order valence-corrected chi connectivity index (χ3v) is 4.79. The van der Waals surface area contributed by atoms with E-state index in [9.17, 15) is 9.59 Å². The summed E-state index contributed by atoms with van der Waals surface area (Å²) >= 11 is 0. The molecular weight excluding hydrogens is 408 g/mol. The first kappa shape index (κ1) is 28.1. The van der Waals surface area contributed by atoms with Gasteiger partial charge in [-0.15, -0.1) is 17.0 Å². The van der Waals surface area contributed by atoms with Gasteiger partial charge in [0.2, 0.25) is 0 Å². The van der Waals surface area contributed by atoms with Crippen LogP contribution >= 0.6 is 17.0 Å². The maximum Gasteiger partial charge on any atom is 0.331 e. The summed E-state index contributed by atoms with van der Waals surface area (Å²) in [7, 11) is 0. The van der Waals surface area contributed by atoms with Gasteiger partial charge in [0.1, 0.15) is 0 Å². The van der Waals surface area contributed by atoms with Crippen molar-refractivity contribution in [3.8, 4) is 0 Å². The molecule has 2 N–H and O–H groups in total. The molecule has 0 radical (unpaired) electrons. The lowest BCUT2D eigenvalue weighted by Crippen LogP contribution is -2.28. The fourth-order valence-electron chi connectivity index (χ4n) is 2.92. The largest absolute Gasteiger partial charge is 0.481 e. The van der Waals surface area contributed by atoms with Crippen LogP contribution in [0.25, 0.3) is 0 Å². The maximum absolute atomic E-state index is 10.8. The van der Waals surface area contributed by atoms with Crippen molar-refractivity contribution in [2.24, 2.45) is 5.41 Å². The SMILES string of the molecule is Br.CCCCCCCCCCCCC.C[C@@]1(C(=O)O)C=CC=C(C(=O)O)C1. The molecule has 1 atom stereocenters. The van der Waals surface area contributed by atoms with Crippen LogP contribution in [-0.4, -0.2) is 22.2 Å². The second-order valence-corrected chi connectivity index (χ2v) is 7.44. The molecule has 158 valence electrons. The highest BCUT2D eigenvalue weighted by atomic mass is 79.9.